The first kappa shape index (κ1) is 22.3. The second-order valence-corrected chi connectivity index (χ2v) is 8.30. The van der Waals surface area contributed by atoms with Gasteiger partial charge in [0.1, 0.15) is 5.60 Å². The number of aromatic nitrogens is 1. The van der Waals surface area contributed by atoms with Crippen molar-refractivity contribution in [3.05, 3.63) is 22.3 Å². The van der Waals surface area contributed by atoms with Crippen LogP contribution in [0.5, 0.6) is 5.88 Å². The molecule has 1 aromatic heterocycles. The van der Waals surface area contributed by atoms with Gasteiger partial charge in [-0.05, 0) is 49.7 Å². The van der Waals surface area contributed by atoms with E-state index in [1.807, 2.05) is 0 Å². The summed E-state index contributed by atoms with van der Waals surface area (Å²) in [6, 6.07) is 0.978. The number of aliphatic imine (C=N–C) groups is 1. The predicted molar refractivity (Wildman–Crippen MR) is 98.2 cm³/mol. The second kappa shape index (κ2) is 7.76. The van der Waals surface area contributed by atoms with E-state index in [0.717, 1.165) is 0 Å². The molecule has 0 bridgehead atoms. The van der Waals surface area contributed by atoms with E-state index >= 15 is 0 Å². The molecule has 1 aliphatic heterocycles. The highest BCUT2D eigenvalue weighted by Crippen LogP contribution is 2.43. The Labute approximate surface area is 168 Å². The van der Waals surface area contributed by atoms with Crippen molar-refractivity contribution in [3.8, 4) is 5.88 Å². The normalized spacial score (nSPS) is 22.8. The number of nitrogens with one attached hydrogen (secondary N) is 1. The molecule has 7 nitrogen and oxygen atoms in total. The quantitative estimate of drug-likeness (QED) is 0.700. The topological polar surface area (TPSA) is 82.0 Å². The predicted octanol–water partition coefficient (Wildman–Crippen LogP) is 4.30. The van der Waals surface area contributed by atoms with E-state index in [4.69, 9.17) is 14.2 Å². The molecule has 0 saturated heterocycles. The maximum Gasteiger partial charge on any atom is 0.425 e. The average molecular weight is 468 g/mol. The van der Waals surface area contributed by atoms with Crippen LogP contribution in [0.2, 0.25) is 0 Å². The number of hydrogen-bond donors (Lipinski definition) is 1. The van der Waals surface area contributed by atoms with E-state index in [1.165, 1.54) is 20.2 Å². The Morgan fingerprint density at radius 2 is 2.04 bits per heavy atom. The molecule has 2 heterocycles. The summed E-state index contributed by atoms with van der Waals surface area (Å²) in [7, 11) is 1.35. The third-order valence-electron chi connectivity index (χ3n) is 3.75. The lowest BCUT2D eigenvalue weighted by molar-refractivity contribution is -0.208. The fourth-order valence-corrected chi connectivity index (χ4v) is 2.94. The number of ether oxygens (including phenoxy) is 3. The number of amidine groups is 1. The minimum absolute atomic E-state index is 0.119. The highest BCUT2D eigenvalue weighted by Gasteiger charge is 2.51. The number of carbonyl (C=O) groups is 1. The molecule has 0 aliphatic carbocycles. The highest BCUT2D eigenvalue weighted by atomic mass is 79.9. The SMILES string of the molecule is COc1ncc(Br)cc1[C@]1(C)C[C@@H](C(F)(F)F)OC(NC(=O)OC(C)(C)C)=N1. The number of halogens is 4. The number of nitrogens with zero attached hydrogens (tertiary/aromatic N) is 2. The molecule has 2 rings (SSSR count). The van der Waals surface area contributed by atoms with Gasteiger partial charge in [-0.25, -0.2) is 20.1 Å². The van der Waals surface area contributed by atoms with Crippen molar-refractivity contribution in [2.75, 3.05) is 7.11 Å². The number of rotatable bonds is 2. The smallest absolute Gasteiger partial charge is 0.425 e. The van der Waals surface area contributed by atoms with Crippen molar-refractivity contribution in [1.82, 2.24) is 10.3 Å². The van der Waals surface area contributed by atoms with Crippen molar-refractivity contribution < 1.29 is 32.2 Å². The zero-order valence-corrected chi connectivity index (χ0v) is 17.6. The summed E-state index contributed by atoms with van der Waals surface area (Å²) in [4.78, 5) is 20.3. The summed E-state index contributed by atoms with van der Waals surface area (Å²) in [6.07, 6.45) is -6.91. The number of methoxy groups -OCH3 is 1. The lowest BCUT2D eigenvalue weighted by Crippen LogP contribution is -2.49. The first-order valence-corrected chi connectivity index (χ1v) is 9.06. The Balaban J connectivity index is 2.46. The first-order chi connectivity index (χ1) is 12.7. The molecular formula is C17H21BrF3N3O4. The number of carbonyl (C=O) groups excluding carboxylic acids is 1. The standard InChI is InChI=1S/C17H21BrF3N3O4/c1-15(2,3)28-14(25)23-13-24-16(4,7-11(27-13)17(19,20)21)10-6-9(18)8-22-12(10)26-5/h6,8,11H,7H2,1-5H3,(H,23,24,25)/t11-,16-/m0/s1. The molecule has 1 aromatic rings. The highest BCUT2D eigenvalue weighted by molar-refractivity contribution is 9.10. The summed E-state index contributed by atoms with van der Waals surface area (Å²) in [5.74, 6) is 0.119. The number of hydrogen-bond acceptors (Lipinski definition) is 6. The van der Waals surface area contributed by atoms with Crippen LogP contribution in [-0.2, 0) is 15.0 Å². The van der Waals surface area contributed by atoms with Gasteiger partial charge in [-0.1, -0.05) is 0 Å². The van der Waals surface area contributed by atoms with Crippen LogP contribution < -0.4 is 10.1 Å². The molecule has 1 N–H and O–H groups in total. The third kappa shape index (κ3) is 5.49. The molecule has 1 amide bonds. The molecule has 0 unspecified atom stereocenters. The average Bonchev–Trinajstić information content (AvgIpc) is 2.51. The number of alkyl carbamates (subject to hydrolysis) is 1. The number of alkyl halides is 3. The molecular weight excluding hydrogens is 447 g/mol. The summed E-state index contributed by atoms with van der Waals surface area (Å²) in [5.41, 5.74) is -1.96. The largest absolute Gasteiger partial charge is 0.481 e. The Kier molecular flexibility index (Phi) is 6.17. The molecule has 156 valence electrons. The van der Waals surface area contributed by atoms with Crippen LogP contribution in [0.4, 0.5) is 18.0 Å². The summed E-state index contributed by atoms with van der Waals surface area (Å²) < 4.78 is 56.1. The van der Waals surface area contributed by atoms with E-state index < -0.39 is 42.0 Å². The van der Waals surface area contributed by atoms with Crippen LogP contribution >= 0.6 is 15.9 Å². The Hall–Kier alpha value is -2.04. The van der Waals surface area contributed by atoms with E-state index in [9.17, 15) is 18.0 Å². The third-order valence-corrected chi connectivity index (χ3v) is 4.18. The van der Waals surface area contributed by atoms with Crippen molar-refractivity contribution in [2.24, 2.45) is 4.99 Å². The molecule has 28 heavy (non-hydrogen) atoms. The van der Waals surface area contributed by atoms with Gasteiger partial charge in [0.2, 0.25) is 5.88 Å². The summed E-state index contributed by atoms with van der Waals surface area (Å²) >= 11 is 3.25. The van der Waals surface area contributed by atoms with Crippen molar-refractivity contribution in [1.29, 1.82) is 0 Å². The van der Waals surface area contributed by atoms with Crippen molar-refractivity contribution in [3.63, 3.8) is 0 Å². The molecule has 0 aromatic carbocycles. The van der Waals surface area contributed by atoms with Gasteiger partial charge >= 0.3 is 12.3 Å². The van der Waals surface area contributed by atoms with Crippen LogP contribution in [0.1, 0.15) is 39.7 Å². The van der Waals surface area contributed by atoms with Gasteiger partial charge in [0.25, 0.3) is 6.02 Å². The Morgan fingerprint density at radius 3 is 2.57 bits per heavy atom. The van der Waals surface area contributed by atoms with Crippen LogP contribution in [0.25, 0.3) is 0 Å². The van der Waals surface area contributed by atoms with Crippen LogP contribution in [0, 0.1) is 0 Å². The fourth-order valence-electron chi connectivity index (χ4n) is 2.61. The maximum absolute atomic E-state index is 13.5. The van der Waals surface area contributed by atoms with E-state index in [1.54, 1.807) is 26.8 Å². The van der Waals surface area contributed by atoms with Crippen molar-refractivity contribution in [2.45, 2.75) is 57.5 Å². The van der Waals surface area contributed by atoms with Gasteiger partial charge < -0.3 is 14.2 Å². The lowest BCUT2D eigenvalue weighted by Gasteiger charge is -2.37. The molecule has 11 heteroatoms. The molecule has 1 aliphatic rings. The van der Waals surface area contributed by atoms with E-state index in [2.05, 4.69) is 31.2 Å². The zero-order chi connectivity index (χ0) is 21.3. The molecule has 2 atom stereocenters. The van der Waals surface area contributed by atoms with E-state index in [-0.39, 0.29) is 5.88 Å². The van der Waals surface area contributed by atoms with Crippen LogP contribution in [0.15, 0.2) is 21.7 Å². The number of pyridine rings is 1. The minimum Gasteiger partial charge on any atom is -0.481 e. The van der Waals surface area contributed by atoms with Gasteiger partial charge in [-0.3, -0.25) is 0 Å². The fraction of sp³-hybridized carbons (Fsp3) is 0.588. The van der Waals surface area contributed by atoms with Gasteiger partial charge in [-0.2, -0.15) is 13.2 Å². The minimum atomic E-state index is -4.68. The Bertz CT molecular complexity index is 780. The zero-order valence-electron chi connectivity index (χ0n) is 16.0. The maximum atomic E-state index is 13.5. The first-order valence-electron chi connectivity index (χ1n) is 8.27. The monoisotopic (exact) mass is 467 g/mol. The molecule has 0 saturated carbocycles. The van der Waals surface area contributed by atoms with Gasteiger partial charge in [0.05, 0.1) is 12.6 Å². The van der Waals surface area contributed by atoms with Crippen molar-refractivity contribution >= 4 is 28.0 Å². The summed E-state index contributed by atoms with van der Waals surface area (Å²) in [6.45, 7) is 6.35. The van der Waals surface area contributed by atoms with E-state index in [0.29, 0.717) is 10.0 Å². The molecule has 0 radical (unpaired) electrons. The van der Waals surface area contributed by atoms with Gasteiger partial charge in [-0.15, -0.1) is 0 Å². The van der Waals surface area contributed by atoms with Crippen LogP contribution in [-0.4, -0.2) is 42.1 Å². The van der Waals surface area contributed by atoms with Gasteiger partial charge in [0.15, 0.2) is 6.10 Å². The number of amides is 1. The lowest BCUT2D eigenvalue weighted by atomic mass is 9.86. The molecule has 0 fully saturated rings. The second-order valence-electron chi connectivity index (χ2n) is 7.38. The van der Waals surface area contributed by atoms with Gasteiger partial charge in [0, 0.05) is 22.7 Å². The summed E-state index contributed by atoms with van der Waals surface area (Å²) in [5, 5.41) is 2.15. The Morgan fingerprint density at radius 1 is 1.39 bits per heavy atom. The van der Waals surface area contributed by atoms with Crippen LogP contribution in [0.3, 0.4) is 0 Å². The molecule has 0 spiro atoms.